The third-order valence-corrected chi connectivity index (χ3v) is 11.8. The molecule has 2 unspecified atom stereocenters. The number of nitrogens with zero attached hydrogens (tertiary/aromatic N) is 2. The highest BCUT2D eigenvalue weighted by Crippen LogP contribution is 2.44. The fourth-order valence-electron chi connectivity index (χ4n) is 9.25. The Morgan fingerprint density at radius 3 is 1.54 bits per heavy atom. The summed E-state index contributed by atoms with van der Waals surface area (Å²) >= 11 is 0. The minimum atomic E-state index is -0.0908. The second-order valence-electron chi connectivity index (χ2n) is 15.1. The first-order valence-corrected chi connectivity index (χ1v) is 19.6. The van der Waals surface area contributed by atoms with Crippen molar-refractivity contribution in [2.45, 2.75) is 18.5 Å². The average Bonchev–Trinajstić information content (AvgIpc) is 3.93. The number of nitrogens with one attached hydrogen (secondary N) is 3. The number of para-hydroxylation sites is 3. The second-order valence-corrected chi connectivity index (χ2v) is 15.1. The number of furan rings is 1. The van der Waals surface area contributed by atoms with Crippen LogP contribution in [0.2, 0.25) is 0 Å². The first-order chi connectivity index (χ1) is 28.3. The van der Waals surface area contributed by atoms with Crippen LogP contribution in [0.1, 0.15) is 35.2 Å². The van der Waals surface area contributed by atoms with E-state index in [0.29, 0.717) is 0 Å². The van der Waals surface area contributed by atoms with Crippen LogP contribution in [0.25, 0.3) is 76.9 Å². The van der Waals surface area contributed by atoms with Gasteiger partial charge < -0.3 is 13.6 Å². The van der Waals surface area contributed by atoms with E-state index in [0.717, 1.165) is 49.9 Å². The Bertz CT molecular complexity index is 3230. The van der Waals surface area contributed by atoms with Crippen LogP contribution in [0, 0.1) is 0 Å². The van der Waals surface area contributed by atoms with Gasteiger partial charge in [0.25, 0.3) is 0 Å². The highest BCUT2D eigenvalue weighted by atomic mass is 16.3. The van der Waals surface area contributed by atoms with Gasteiger partial charge in [0.15, 0.2) is 0 Å². The van der Waals surface area contributed by atoms with Crippen LogP contribution in [0.15, 0.2) is 192 Å². The lowest BCUT2D eigenvalue weighted by Gasteiger charge is -2.39. The number of fused-ring (bicyclic) bond motifs is 10. The molecule has 1 fully saturated rings. The maximum atomic E-state index is 6.48. The number of benzene rings is 8. The summed E-state index contributed by atoms with van der Waals surface area (Å²) in [6, 6.07) is 67.3. The molecule has 1 aliphatic heterocycles. The average molecular weight is 736 g/mol. The molecule has 8 aromatic carbocycles. The van der Waals surface area contributed by atoms with Gasteiger partial charge in [-0.2, -0.15) is 0 Å². The lowest BCUT2D eigenvalue weighted by atomic mass is 10.0. The number of hydrogen-bond acceptors (Lipinski definition) is 4. The summed E-state index contributed by atoms with van der Waals surface area (Å²) in [7, 11) is 0. The summed E-state index contributed by atoms with van der Waals surface area (Å²) < 4.78 is 11.3. The minimum Gasteiger partial charge on any atom is -0.456 e. The zero-order valence-corrected chi connectivity index (χ0v) is 30.9. The van der Waals surface area contributed by atoms with E-state index in [1.54, 1.807) is 0 Å². The van der Waals surface area contributed by atoms with Crippen molar-refractivity contribution in [3.8, 4) is 11.4 Å². The van der Waals surface area contributed by atoms with E-state index < -0.39 is 0 Å². The highest BCUT2D eigenvalue weighted by Gasteiger charge is 2.30. The van der Waals surface area contributed by atoms with Gasteiger partial charge in [-0.15, -0.1) is 0 Å². The molecule has 0 saturated carbocycles. The van der Waals surface area contributed by atoms with Crippen molar-refractivity contribution in [2.24, 2.45) is 0 Å². The van der Waals surface area contributed by atoms with E-state index in [4.69, 9.17) is 4.42 Å². The summed E-state index contributed by atoms with van der Waals surface area (Å²) in [5.74, 6) is 0. The fourth-order valence-corrected chi connectivity index (χ4v) is 9.25. The predicted molar refractivity (Wildman–Crippen MR) is 233 cm³/mol. The van der Waals surface area contributed by atoms with Crippen LogP contribution in [0.4, 0.5) is 0 Å². The Morgan fingerprint density at radius 2 is 0.860 bits per heavy atom. The molecular formula is C51H37N5O. The molecule has 12 rings (SSSR count). The van der Waals surface area contributed by atoms with Crippen LogP contribution in [0.5, 0.6) is 0 Å². The Kier molecular flexibility index (Phi) is 7.25. The first kappa shape index (κ1) is 32.3. The van der Waals surface area contributed by atoms with Crippen molar-refractivity contribution in [1.29, 1.82) is 0 Å². The smallest absolute Gasteiger partial charge is 0.136 e. The van der Waals surface area contributed by atoms with Gasteiger partial charge in [-0.05, 0) is 77.4 Å². The Hall–Kier alpha value is -6.96. The van der Waals surface area contributed by atoms with Crippen LogP contribution in [0.3, 0.4) is 0 Å². The third kappa shape index (κ3) is 5.09. The van der Waals surface area contributed by atoms with Crippen molar-refractivity contribution in [1.82, 2.24) is 25.1 Å². The van der Waals surface area contributed by atoms with E-state index in [2.05, 4.69) is 207 Å². The SMILES string of the molecule is c1ccc(C2NC(c3ccccc3)NC(c3ccc(-n4c5cc6c(cc5c5c7c(ccc54)oc4ccccc47)c4ccccc4n6-c4ccccc4)cc3)N2)cc1. The Labute approximate surface area is 328 Å². The van der Waals surface area contributed by atoms with Crippen LogP contribution in [-0.2, 0) is 0 Å². The molecule has 0 amide bonds. The molecule has 272 valence electrons. The molecule has 0 aliphatic carbocycles. The number of rotatable bonds is 5. The zero-order valence-electron chi connectivity index (χ0n) is 30.9. The predicted octanol–water partition coefficient (Wildman–Crippen LogP) is 12.0. The zero-order chi connectivity index (χ0) is 37.5. The van der Waals surface area contributed by atoms with Gasteiger partial charge in [-0.1, -0.05) is 127 Å². The van der Waals surface area contributed by atoms with E-state index in [9.17, 15) is 0 Å². The van der Waals surface area contributed by atoms with Crippen LogP contribution < -0.4 is 16.0 Å². The molecule has 6 heteroatoms. The molecule has 1 aliphatic rings. The van der Waals surface area contributed by atoms with Gasteiger partial charge in [0.2, 0.25) is 0 Å². The van der Waals surface area contributed by atoms with Gasteiger partial charge in [-0.3, -0.25) is 16.0 Å². The van der Waals surface area contributed by atoms with E-state index in [1.807, 2.05) is 6.07 Å². The molecule has 57 heavy (non-hydrogen) atoms. The number of hydrogen-bond donors (Lipinski definition) is 3. The minimum absolute atomic E-state index is 0.0364. The fraction of sp³-hybridized carbons (Fsp3) is 0.0588. The Morgan fingerprint density at radius 1 is 0.333 bits per heavy atom. The van der Waals surface area contributed by atoms with Crippen molar-refractivity contribution in [3.63, 3.8) is 0 Å². The van der Waals surface area contributed by atoms with Crippen molar-refractivity contribution in [3.05, 3.63) is 205 Å². The van der Waals surface area contributed by atoms with E-state index in [1.165, 1.54) is 43.7 Å². The van der Waals surface area contributed by atoms with E-state index in [-0.39, 0.29) is 18.5 Å². The molecule has 0 radical (unpaired) electrons. The molecule has 1 saturated heterocycles. The van der Waals surface area contributed by atoms with Gasteiger partial charge in [0, 0.05) is 43.7 Å². The first-order valence-electron chi connectivity index (χ1n) is 19.6. The van der Waals surface area contributed by atoms with E-state index >= 15 is 0 Å². The number of aromatic nitrogens is 2. The molecule has 0 bridgehead atoms. The maximum Gasteiger partial charge on any atom is 0.136 e. The molecular weight excluding hydrogens is 699 g/mol. The molecule has 11 aromatic rings. The second kappa shape index (κ2) is 12.8. The molecule has 6 nitrogen and oxygen atoms in total. The van der Waals surface area contributed by atoms with Gasteiger partial charge in [0.05, 0.1) is 40.6 Å². The monoisotopic (exact) mass is 735 g/mol. The topological polar surface area (TPSA) is 59.1 Å². The molecule has 0 spiro atoms. The summed E-state index contributed by atoms with van der Waals surface area (Å²) in [5.41, 5.74) is 12.3. The van der Waals surface area contributed by atoms with Gasteiger partial charge in [-0.25, -0.2) is 0 Å². The lowest BCUT2D eigenvalue weighted by Crippen LogP contribution is -2.54. The summed E-state index contributed by atoms with van der Waals surface area (Å²) in [6.07, 6.45) is -0.164. The normalized spacial score (nSPS) is 17.4. The van der Waals surface area contributed by atoms with Crippen molar-refractivity contribution >= 4 is 65.6 Å². The van der Waals surface area contributed by atoms with Crippen molar-refractivity contribution in [2.75, 3.05) is 0 Å². The van der Waals surface area contributed by atoms with Crippen molar-refractivity contribution < 1.29 is 4.42 Å². The molecule has 3 N–H and O–H groups in total. The lowest BCUT2D eigenvalue weighted by molar-refractivity contribution is 0.203. The standard InChI is InChI=1S/C51H37N5O/c1-4-14-32(15-5-1)49-52-50(33-16-6-2-7-17-33)54-51(53-49)34-24-26-36(27-25-34)56-42-28-29-46-48(38-21-11-13-23-45(38)57-46)47(42)40-30-39-37-20-10-12-22-41(37)55(43(39)31-44(40)56)35-18-8-3-9-19-35/h1-31,49-54H. The summed E-state index contributed by atoms with van der Waals surface area (Å²) in [6.45, 7) is 0. The quantitative estimate of drug-likeness (QED) is 0.165. The highest BCUT2D eigenvalue weighted by molar-refractivity contribution is 6.29. The Balaban J connectivity index is 1.07. The molecule has 4 heterocycles. The maximum absolute atomic E-state index is 6.48. The third-order valence-electron chi connectivity index (χ3n) is 11.8. The van der Waals surface area contributed by atoms with Crippen LogP contribution in [-0.4, -0.2) is 9.13 Å². The van der Waals surface area contributed by atoms with Gasteiger partial charge in [0.1, 0.15) is 11.2 Å². The van der Waals surface area contributed by atoms with Crippen LogP contribution >= 0.6 is 0 Å². The van der Waals surface area contributed by atoms with Gasteiger partial charge >= 0.3 is 0 Å². The molecule has 3 aromatic heterocycles. The summed E-state index contributed by atoms with van der Waals surface area (Å²) in [4.78, 5) is 0. The largest absolute Gasteiger partial charge is 0.456 e. The molecule has 2 atom stereocenters. The summed E-state index contributed by atoms with van der Waals surface area (Å²) in [5, 5.41) is 18.6.